The molecular formula is C16H20BrNOS. The highest BCUT2D eigenvalue weighted by Gasteiger charge is 2.08. The standard InChI is InChI=1S/C16H20BrNOS/c1-12(2)8-18-9-14-4-3-5-15(17)16(14)19-10-13-6-7-20-11-13/h3-7,11-12,18H,8-10H2,1-2H3. The summed E-state index contributed by atoms with van der Waals surface area (Å²) < 4.78 is 7.00. The number of ether oxygens (including phenoxy) is 1. The number of nitrogens with one attached hydrogen (secondary N) is 1. The molecule has 0 atom stereocenters. The normalized spacial score (nSPS) is 11.0. The molecule has 0 aliphatic heterocycles. The highest BCUT2D eigenvalue weighted by Crippen LogP contribution is 2.30. The van der Waals surface area contributed by atoms with E-state index in [9.17, 15) is 0 Å². The van der Waals surface area contributed by atoms with Crippen LogP contribution in [0.3, 0.4) is 0 Å². The van der Waals surface area contributed by atoms with E-state index < -0.39 is 0 Å². The van der Waals surface area contributed by atoms with Gasteiger partial charge in [0.25, 0.3) is 0 Å². The van der Waals surface area contributed by atoms with Crippen molar-refractivity contribution >= 4 is 27.3 Å². The molecule has 0 saturated heterocycles. The van der Waals surface area contributed by atoms with Crippen LogP contribution >= 0.6 is 27.3 Å². The third-order valence-electron chi connectivity index (χ3n) is 2.88. The second kappa shape index (κ2) is 7.81. The fraction of sp³-hybridized carbons (Fsp3) is 0.375. The fourth-order valence-electron chi connectivity index (χ4n) is 1.88. The van der Waals surface area contributed by atoms with Gasteiger partial charge in [-0.25, -0.2) is 0 Å². The first-order chi connectivity index (χ1) is 9.66. The Morgan fingerprint density at radius 2 is 2.15 bits per heavy atom. The van der Waals surface area contributed by atoms with Crippen LogP contribution in [-0.2, 0) is 13.2 Å². The van der Waals surface area contributed by atoms with E-state index in [0.717, 1.165) is 23.3 Å². The van der Waals surface area contributed by atoms with Gasteiger partial charge in [0, 0.05) is 12.1 Å². The zero-order chi connectivity index (χ0) is 14.4. The molecule has 2 nitrogen and oxygen atoms in total. The second-order valence-corrected chi connectivity index (χ2v) is 6.81. The van der Waals surface area contributed by atoms with Crippen molar-refractivity contribution in [2.24, 2.45) is 5.92 Å². The molecule has 2 rings (SSSR count). The van der Waals surface area contributed by atoms with Crippen molar-refractivity contribution in [1.82, 2.24) is 5.32 Å². The summed E-state index contributed by atoms with van der Waals surface area (Å²) in [5, 5.41) is 7.65. The summed E-state index contributed by atoms with van der Waals surface area (Å²) in [6.07, 6.45) is 0. The smallest absolute Gasteiger partial charge is 0.138 e. The molecule has 0 aliphatic rings. The first-order valence-electron chi connectivity index (χ1n) is 6.79. The summed E-state index contributed by atoms with van der Waals surface area (Å²) in [7, 11) is 0. The molecule has 108 valence electrons. The minimum Gasteiger partial charge on any atom is -0.487 e. The van der Waals surface area contributed by atoms with Crippen molar-refractivity contribution in [2.45, 2.75) is 27.0 Å². The number of hydrogen-bond donors (Lipinski definition) is 1. The number of rotatable bonds is 7. The van der Waals surface area contributed by atoms with E-state index in [1.165, 1.54) is 11.1 Å². The topological polar surface area (TPSA) is 21.3 Å². The van der Waals surface area contributed by atoms with Crippen molar-refractivity contribution in [1.29, 1.82) is 0 Å². The quantitative estimate of drug-likeness (QED) is 0.769. The van der Waals surface area contributed by atoms with Crippen LogP contribution in [0.2, 0.25) is 0 Å². The van der Waals surface area contributed by atoms with Crippen LogP contribution in [0.15, 0.2) is 39.5 Å². The first kappa shape index (κ1) is 15.5. The Hall–Kier alpha value is -0.840. The molecule has 0 fully saturated rings. The van der Waals surface area contributed by atoms with Crippen LogP contribution in [0.4, 0.5) is 0 Å². The second-order valence-electron chi connectivity index (χ2n) is 5.17. The molecule has 0 radical (unpaired) electrons. The Bertz CT molecular complexity index is 525. The minimum absolute atomic E-state index is 0.614. The molecule has 0 spiro atoms. The van der Waals surface area contributed by atoms with Crippen LogP contribution in [0.5, 0.6) is 5.75 Å². The largest absolute Gasteiger partial charge is 0.487 e. The SMILES string of the molecule is CC(C)CNCc1cccc(Br)c1OCc1ccsc1. The van der Waals surface area contributed by atoms with Crippen molar-refractivity contribution < 1.29 is 4.74 Å². The summed E-state index contributed by atoms with van der Waals surface area (Å²) in [5.41, 5.74) is 2.40. The van der Waals surface area contributed by atoms with Crippen molar-refractivity contribution in [2.75, 3.05) is 6.54 Å². The maximum Gasteiger partial charge on any atom is 0.138 e. The predicted octanol–water partition coefficient (Wildman–Crippen LogP) is 4.84. The van der Waals surface area contributed by atoms with E-state index >= 15 is 0 Å². The van der Waals surface area contributed by atoms with Gasteiger partial charge in [-0.1, -0.05) is 26.0 Å². The van der Waals surface area contributed by atoms with E-state index in [2.05, 4.69) is 58.0 Å². The van der Waals surface area contributed by atoms with Gasteiger partial charge in [0.15, 0.2) is 0 Å². The van der Waals surface area contributed by atoms with Crippen molar-refractivity contribution in [3.8, 4) is 5.75 Å². The summed E-state index contributed by atoms with van der Waals surface area (Å²) >= 11 is 5.28. The van der Waals surface area contributed by atoms with Gasteiger partial charge in [-0.2, -0.15) is 11.3 Å². The zero-order valence-corrected chi connectivity index (χ0v) is 14.3. The van der Waals surface area contributed by atoms with Gasteiger partial charge in [-0.15, -0.1) is 0 Å². The molecule has 4 heteroatoms. The van der Waals surface area contributed by atoms with Gasteiger partial charge < -0.3 is 10.1 Å². The number of para-hydroxylation sites is 1. The molecule has 0 unspecified atom stereocenters. The Labute approximate surface area is 133 Å². The number of halogens is 1. The third-order valence-corrected chi connectivity index (χ3v) is 4.24. The van der Waals surface area contributed by atoms with E-state index in [1.807, 2.05) is 12.1 Å². The Morgan fingerprint density at radius 1 is 1.30 bits per heavy atom. The van der Waals surface area contributed by atoms with Crippen LogP contribution in [0, 0.1) is 5.92 Å². The average molecular weight is 354 g/mol. The van der Waals surface area contributed by atoms with E-state index in [1.54, 1.807) is 11.3 Å². The summed E-state index contributed by atoms with van der Waals surface area (Å²) in [4.78, 5) is 0. The lowest BCUT2D eigenvalue weighted by Gasteiger charge is -2.14. The molecule has 0 bridgehead atoms. The molecule has 1 aromatic heterocycles. The Morgan fingerprint density at radius 3 is 2.85 bits per heavy atom. The van der Waals surface area contributed by atoms with E-state index in [-0.39, 0.29) is 0 Å². The molecule has 1 N–H and O–H groups in total. The lowest BCUT2D eigenvalue weighted by molar-refractivity contribution is 0.300. The predicted molar refractivity (Wildman–Crippen MR) is 89.3 cm³/mol. The Kier molecular flexibility index (Phi) is 6.07. The maximum atomic E-state index is 5.99. The van der Waals surface area contributed by atoms with Gasteiger partial charge in [-0.3, -0.25) is 0 Å². The molecule has 0 aliphatic carbocycles. The molecule has 1 aromatic carbocycles. The number of thiophene rings is 1. The van der Waals surface area contributed by atoms with Crippen molar-refractivity contribution in [3.05, 3.63) is 50.6 Å². The number of hydrogen-bond acceptors (Lipinski definition) is 3. The monoisotopic (exact) mass is 353 g/mol. The minimum atomic E-state index is 0.614. The van der Waals surface area contributed by atoms with Gasteiger partial charge in [-0.05, 0) is 56.8 Å². The summed E-state index contributed by atoms with van der Waals surface area (Å²) in [5.74, 6) is 1.59. The Balaban J connectivity index is 2.01. The van der Waals surface area contributed by atoms with Crippen LogP contribution in [-0.4, -0.2) is 6.54 Å². The lowest BCUT2D eigenvalue weighted by atomic mass is 10.2. The van der Waals surface area contributed by atoms with Gasteiger partial charge >= 0.3 is 0 Å². The van der Waals surface area contributed by atoms with Crippen LogP contribution < -0.4 is 10.1 Å². The highest BCUT2D eigenvalue weighted by atomic mass is 79.9. The molecule has 0 saturated carbocycles. The number of benzene rings is 1. The van der Waals surface area contributed by atoms with Crippen molar-refractivity contribution in [3.63, 3.8) is 0 Å². The third kappa shape index (κ3) is 4.62. The summed E-state index contributed by atoms with van der Waals surface area (Å²) in [6, 6.07) is 8.28. The average Bonchev–Trinajstić information content (AvgIpc) is 2.90. The zero-order valence-electron chi connectivity index (χ0n) is 11.9. The summed E-state index contributed by atoms with van der Waals surface area (Å²) in [6.45, 7) is 6.88. The fourth-order valence-corrected chi connectivity index (χ4v) is 3.06. The molecule has 20 heavy (non-hydrogen) atoms. The van der Waals surface area contributed by atoms with Crippen LogP contribution in [0.1, 0.15) is 25.0 Å². The highest BCUT2D eigenvalue weighted by molar-refractivity contribution is 9.10. The van der Waals surface area contributed by atoms with Gasteiger partial charge in [0.05, 0.1) is 4.47 Å². The van der Waals surface area contributed by atoms with E-state index in [0.29, 0.717) is 12.5 Å². The molecule has 0 amide bonds. The van der Waals surface area contributed by atoms with E-state index in [4.69, 9.17) is 4.74 Å². The van der Waals surface area contributed by atoms with Crippen LogP contribution in [0.25, 0.3) is 0 Å². The van der Waals surface area contributed by atoms with Gasteiger partial charge in [0.1, 0.15) is 12.4 Å². The van der Waals surface area contributed by atoms with Gasteiger partial charge in [0.2, 0.25) is 0 Å². The lowest BCUT2D eigenvalue weighted by Crippen LogP contribution is -2.19. The maximum absolute atomic E-state index is 5.99. The molecular weight excluding hydrogens is 334 g/mol. The molecule has 1 heterocycles. The molecule has 2 aromatic rings. The first-order valence-corrected chi connectivity index (χ1v) is 8.52.